The summed E-state index contributed by atoms with van der Waals surface area (Å²) >= 11 is 0. The third kappa shape index (κ3) is 4.57. The summed E-state index contributed by atoms with van der Waals surface area (Å²) in [5.41, 5.74) is 2.21. The van der Waals surface area contributed by atoms with Crippen molar-refractivity contribution in [2.24, 2.45) is 0 Å². The summed E-state index contributed by atoms with van der Waals surface area (Å²) in [6, 6.07) is 8.51. The molecule has 2 aliphatic rings. The predicted molar refractivity (Wildman–Crippen MR) is 104 cm³/mol. The topological polar surface area (TPSA) is 43.9 Å². The van der Waals surface area contributed by atoms with Gasteiger partial charge in [-0.1, -0.05) is 12.1 Å². The molecular weight excluding hydrogens is 326 g/mol. The summed E-state index contributed by atoms with van der Waals surface area (Å²) in [6.45, 7) is 2.54. The van der Waals surface area contributed by atoms with Crippen molar-refractivity contribution >= 4 is 17.5 Å². The zero-order valence-electron chi connectivity index (χ0n) is 16.1. The Balaban J connectivity index is 1.57. The fourth-order valence-electron chi connectivity index (χ4n) is 4.06. The van der Waals surface area contributed by atoms with Gasteiger partial charge in [0.2, 0.25) is 11.8 Å². The lowest BCUT2D eigenvalue weighted by atomic mass is 9.98. The number of benzene rings is 1. The molecule has 2 fully saturated rings. The number of hydrogen-bond acceptors (Lipinski definition) is 3. The molecular formula is C21H31N3O2. The second-order valence-corrected chi connectivity index (χ2v) is 7.75. The van der Waals surface area contributed by atoms with Crippen LogP contribution in [-0.2, 0) is 16.0 Å². The molecule has 26 heavy (non-hydrogen) atoms. The lowest BCUT2D eigenvalue weighted by molar-refractivity contribution is -0.134. The van der Waals surface area contributed by atoms with E-state index in [1.165, 1.54) is 6.42 Å². The van der Waals surface area contributed by atoms with Crippen LogP contribution in [0.25, 0.3) is 0 Å². The molecule has 1 atom stereocenters. The highest BCUT2D eigenvalue weighted by molar-refractivity contribution is 5.79. The molecule has 2 saturated heterocycles. The summed E-state index contributed by atoms with van der Waals surface area (Å²) in [5, 5.41) is 0. The van der Waals surface area contributed by atoms with Gasteiger partial charge in [0.1, 0.15) is 0 Å². The average molecular weight is 357 g/mol. The Morgan fingerprint density at radius 2 is 1.88 bits per heavy atom. The summed E-state index contributed by atoms with van der Waals surface area (Å²) in [6.07, 6.45) is 6.38. The maximum Gasteiger partial charge on any atom is 0.227 e. The second kappa shape index (κ2) is 8.56. The first-order valence-corrected chi connectivity index (χ1v) is 9.88. The Labute approximate surface area is 156 Å². The average Bonchev–Trinajstić information content (AvgIpc) is 3.05. The lowest BCUT2D eigenvalue weighted by Crippen LogP contribution is -2.46. The molecule has 0 aliphatic carbocycles. The number of carbonyl (C=O) groups is 2. The van der Waals surface area contributed by atoms with Gasteiger partial charge in [-0.15, -0.1) is 0 Å². The van der Waals surface area contributed by atoms with Gasteiger partial charge in [0.25, 0.3) is 0 Å². The van der Waals surface area contributed by atoms with Gasteiger partial charge in [-0.25, -0.2) is 0 Å². The highest BCUT2D eigenvalue weighted by Gasteiger charge is 2.28. The van der Waals surface area contributed by atoms with E-state index in [0.717, 1.165) is 56.6 Å². The van der Waals surface area contributed by atoms with Gasteiger partial charge >= 0.3 is 0 Å². The Hall–Kier alpha value is -2.04. The van der Waals surface area contributed by atoms with E-state index in [0.29, 0.717) is 12.8 Å². The Morgan fingerprint density at radius 1 is 1.12 bits per heavy atom. The van der Waals surface area contributed by atoms with Crippen molar-refractivity contribution in [2.45, 2.75) is 51.0 Å². The molecule has 0 bridgehead atoms. The zero-order valence-corrected chi connectivity index (χ0v) is 16.1. The van der Waals surface area contributed by atoms with Crippen LogP contribution in [-0.4, -0.2) is 61.4 Å². The lowest BCUT2D eigenvalue weighted by Gasteiger charge is -2.37. The van der Waals surface area contributed by atoms with Crippen molar-refractivity contribution in [3.8, 4) is 0 Å². The number of rotatable bonds is 6. The highest BCUT2D eigenvalue weighted by atomic mass is 16.2. The fourth-order valence-corrected chi connectivity index (χ4v) is 4.06. The van der Waals surface area contributed by atoms with Crippen LogP contribution in [0, 0.1) is 0 Å². The van der Waals surface area contributed by atoms with Gasteiger partial charge in [-0.2, -0.15) is 0 Å². The van der Waals surface area contributed by atoms with E-state index < -0.39 is 0 Å². The maximum atomic E-state index is 12.9. The van der Waals surface area contributed by atoms with Crippen LogP contribution in [0.15, 0.2) is 24.3 Å². The van der Waals surface area contributed by atoms with E-state index in [2.05, 4.69) is 34.1 Å². The van der Waals surface area contributed by atoms with Crippen LogP contribution >= 0.6 is 0 Å². The van der Waals surface area contributed by atoms with E-state index in [9.17, 15) is 9.59 Å². The molecule has 0 aromatic heterocycles. The molecule has 2 amide bonds. The molecule has 5 nitrogen and oxygen atoms in total. The number of piperidine rings is 1. The largest absolute Gasteiger partial charge is 0.378 e. The maximum absolute atomic E-state index is 12.9. The molecule has 0 spiro atoms. The van der Waals surface area contributed by atoms with E-state index in [-0.39, 0.29) is 17.9 Å². The molecule has 1 aromatic rings. The number of amides is 2. The quantitative estimate of drug-likeness (QED) is 0.786. The van der Waals surface area contributed by atoms with Crippen LogP contribution in [0.5, 0.6) is 0 Å². The third-order valence-electron chi connectivity index (χ3n) is 5.66. The number of likely N-dealkylation sites (tertiary alicyclic amines) is 2. The summed E-state index contributed by atoms with van der Waals surface area (Å²) < 4.78 is 0. The van der Waals surface area contributed by atoms with Gasteiger partial charge in [-0.3, -0.25) is 9.59 Å². The number of hydrogen-bond donors (Lipinski definition) is 0. The summed E-state index contributed by atoms with van der Waals surface area (Å²) in [7, 11) is 4.03. The van der Waals surface area contributed by atoms with Gasteiger partial charge in [-0.05, 0) is 49.8 Å². The fraction of sp³-hybridized carbons (Fsp3) is 0.619. The smallest absolute Gasteiger partial charge is 0.227 e. The molecule has 1 aromatic carbocycles. The zero-order chi connectivity index (χ0) is 18.5. The second-order valence-electron chi connectivity index (χ2n) is 7.75. The van der Waals surface area contributed by atoms with Crippen LogP contribution in [0.4, 0.5) is 5.69 Å². The van der Waals surface area contributed by atoms with Gasteiger partial charge < -0.3 is 14.7 Å². The van der Waals surface area contributed by atoms with Gasteiger partial charge in [0.15, 0.2) is 0 Å². The van der Waals surface area contributed by atoms with Crippen molar-refractivity contribution < 1.29 is 9.59 Å². The normalized spacial score (nSPS) is 20.5. The molecule has 0 saturated carbocycles. The number of nitrogens with zero attached hydrogens (tertiary/aromatic N) is 3. The van der Waals surface area contributed by atoms with Crippen molar-refractivity contribution in [3.63, 3.8) is 0 Å². The van der Waals surface area contributed by atoms with E-state index >= 15 is 0 Å². The first-order chi connectivity index (χ1) is 12.5. The van der Waals surface area contributed by atoms with Crippen molar-refractivity contribution in [1.29, 1.82) is 0 Å². The molecule has 2 heterocycles. The minimum Gasteiger partial charge on any atom is -0.378 e. The monoisotopic (exact) mass is 357 g/mol. The Morgan fingerprint density at radius 3 is 2.54 bits per heavy atom. The van der Waals surface area contributed by atoms with E-state index in [1.807, 2.05) is 19.0 Å². The predicted octanol–water partition coefficient (Wildman–Crippen LogP) is 2.69. The van der Waals surface area contributed by atoms with Crippen molar-refractivity contribution in [3.05, 3.63) is 29.8 Å². The standard InChI is InChI=1S/C21H31N3O2/c1-22(2)18-10-8-17(9-11-18)16-21(26)24-14-4-3-6-19(24)12-15-23-13-5-7-20(23)25/h8-11,19H,3-7,12-16H2,1-2H3/t19-/m1/s1. The molecule has 3 rings (SSSR count). The first-order valence-electron chi connectivity index (χ1n) is 9.88. The van der Waals surface area contributed by atoms with Crippen molar-refractivity contribution in [1.82, 2.24) is 9.80 Å². The summed E-state index contributed by atoms with van der Waals surface area (Å²) in [5.74, 6) is 0.500. The molecule has 2 aliphatic heterocycles. The summed E-state index contributed by atoms with van der Waals surface area (Å²) in [4.78, 5) is 30.8. The van der Waals surface area contributed by atoms with E-state index in [1.54, 1.807) is 0 Å². The Kier molecular flexibility index (Phi) is 6.17. The minimum absolute atomic E-state index is 0.222. The third-order valence-corrected chi connectivity index (χ3v) is 5.66. The molecule has 0 radical (unpaired) electrons. The first kappa shape index (κ1) is 18.7. The molecule has 0 N–H and O–H groups in total. The molecule has 0 unspecified atom stereocenters. The highest BCUT2D eigenvalue weighted by Crippen LogP contribution is 2.23. The molecule has 5 heteroatoms. The van der Waals surface area contributed by atoms with Crippen LogP contribution in [0.1, 0.15) is 44.1 Å². The van der Waals surface area contributed by atoms with Crippen LogP contribution in [0.3, 0.4) is 0 Å². The van der Waals surface area contributed by atoms with Gasteiger partial charge in [0, 0.05) is 51.9 Å². The van der Waals surface area contributed by atoms with Gasteiger partial charge in [0.05, 0.1) is 6.42 Å². The minimum atomic E-state index is 0.222. The van der Waals surface area contributed by atoms with Crippen molar-refractivity contribution in [2.75, 3.05) is 38.6 Å². The Bertz CT molecular complexity index is 627. The number of anilines is 1. The molecule has 142 valence electrons. The van der Waals surface area contributed by atoms with E-state index in [4.69, 9.17) is 0 Å². The number of carbonyl (C=O) groups excluding carboxylic acids is 2. The van der Waals surface area contributed by atoms with Crippen LogP contribution < -0.4 is 4.90 Å². The van der Waals surface area contributed by atoms with Crippen LogP contribution in [0.2, 0.25) is 0 Å². The SMILES string of the molecule is CN(C)c1ccc(CC(=O)N2CCCC[C@@H]2CCN2CCCC2=O)cc1.